The third kappa shape index (κ3) is 5.19. The van der Waals surface area contributed by atoms with Gasteiger partial charge < -0.3 is 19.3 Å². The quantitative estimate of drug-likeness (QED) is 0.564. The molecule has 0 spiro atoms. The Balaban J connectivity index is 2.38. The standard InChI is InChI=1S/C12H15IO5/c1-16-4-5-17-6-7-18-9-2-3-11(13)10(8-9)12(14)15/h2-3,8H,4-7H2,1H3,(H,14,15). The van der Waals surface area contributed by atoms with Crippen molar-refractivity contribution in [2.75, 3.05) is 33.5 Å². The normalized spacial score (nSPS) is 10.3. The zero-order valence-corrected chi connectivity index (χ0v) is 12.2. The molecule has 0 radical (unpaired) electrons. The Hall–Kier alpha value is -0.860. The van der Waals surface area contributed by atoms with Crippen LogP contribution in [-0.4, -0.2) is 44.6 Å². The molecule has 0 fully saturated rings. The molecule has 0 aromatic heterocycles. The predicted molar refractivity (Wildman–Crippen MR) is 74.3 cm³/mol. The van der Waals surface area contributed by atoms with E-state index in [1.807, 2.05) is 22.6 Å². The topological polar surface area (TPSA) is 65.0 Å². The molecule has 18 heavy (non-hydrogen) atoms. The Morgan fingerprint density at radius 3 is 2.67 bits per heavy atom. The van der Waals surface area contributed by atoms with Gasteiger partial charge in [0.2, 0.25) is 0 Å². The average molecular weight is 366 g/mol. The van der Waals surface area contributed by atoms with Gasteiger partial charge in [0.25, 0.3) is 0 Å². The highest BCUT2D eigenvalue weighted by Gasteiger charge is 2.09. The maximum atomic E-state index is 10.9. The maximum Gasteiger partial charge on any atom is 0.336 e. The van der Waals surface area contributed by atoms with E-state index >= 15 is 0 Å². The number of carboxylic acid groups (broad SMARTS) is 1. The fourth-order valence-corrected chi connectivity index (χ4v) is 1.79. The minimum atomic E-state index is -0.957. The van der Waals surface area contributed by atoms with Crippen LogP contribution in [0.3, 0.4) is 0 Å². The highest BCUT2D eigenvalue weighted by atomic mass is 127. The number of rotatable bonds is 8. The lowest BCUT2D eigenvalue weighted by Crippen LogP contribution is -2.10. The smallest absolute Gasteiger partial charge is 0.336 e. The van der Waals surface area contributed by atoms with E-state index in [9.17, 15) is 4.79 Å². The second-order valence-corrected chi connectivity index (χ2v) is 4.56. The molecule has 0 aliphatic rings. The summed E-state index contributed by atoms with van der Waals surface area (Å²) < 4.78 is 16.1. The van der Waals surface area contributed by atoms with Gasteiger partial charge in [0.1, 0.15) is 12.4 Å². The van der Waals surface area contributed by atoms with Gasteiger partial charge in [-0.25, -0.2) is 4.79 Å². The molecule has 0 atom stereocenters. The Bertz CT molecular complexity index is 394. The summed E-state index contributed by atoms with van der Waals surface area (Å²) >= 11 is 1.98. The van der Waals surface area contributed by atoms with Crippen molar-refractivity contribution in [3.05, 3.63) is 27.3 Å². The molecular weight excluding hydrogens is 351 g/mol. The van der Waals surface area contributed by atoms with Gasteiger partial charge in [-0.15, -0.1) is 0 Å². The molecule has 0 heterocycles. The van der Waals surface area contributed by atoms with Crippen LogP contribution in [0, 0.1) is 3.57 Å². The number of hydrogen-bond acceptors (Lipinski definition) is 4. The summed E-state index contributed by atoms with van der Waals surface area (Å²) in [5.41, 5.74) is 0.244. The zero-order chi connectivity index (χ0) is 13.4. The van der Waals surface area contributed by atoms with Crippen molar-refractivity contribution in [1.29, 1.82) is 0 Å². The van der Waals surface area contributed by atoms with Crippen molar-refractivity contribution >= 4 is 28.6 Å². The van der Waals surface area contributed by atoms with Gasteiger partial charge >= 0.3 is 5.97 Å². The SMILES string of the molecule is COCCOCCOc1ccc(I)c(C(=O)O)c1. The highest BCUT2D eigenvalue weighted by molar-refractivity contribution is 14.1. The van der Waals surface area contributed by atoms with Crippen LogP contribution in [0.15, 0.2) is 18.2 Å². The van der Waals surface area contributed by atoms with E-state index < -0.39 is 5.97 Å². The molecule has 1 rings (SSSR count). The molecule has 0 unspecified atom stereocenters. The van der Waals surface area contributed by atoms with Gasteiger partial charge in [0, 0.05) is 10.7 Å². The summed E-state index contributed by atoms with van der Waals surface area (Å²) in [6.07, 6.45) is 0. The number of ether oxygens (including phenoxy) is 3. The molecular formula is C12H15IO5. The summed E-state index contributed by atoms with van der Waals surface area (Å²) in [5, 5.41) is 8.96. The van der Waals surface area contributed by atoms with Gasteiger partial charge in [0.05, 0.1) is 25.4 Å². The molecule has 100 valence electrons. The van der Waals surface area contributed by atoms with Crippen LogP contribution in [0.2, 0.25) is 0 Å². The maximum absolute atomic E-state index is 10.9. The summed E-state index contributed by atoms with van der Waals surface area (Å²) in [4.78, 5) is 10.9. The highest BCUT2D eigenvalue weighted by Crippen LogP contribution is 2.19. The van der Waals surface area contributed by atoms with Crippen LogP contribution < -0.4 is 4.74 Å². The van der Waals surface area contributed by atoms with E-state index in [2.05, 4.69) is 0 Å². The van der Waals surface area contributed by atoms with Crippen molar-refractivity contribution in [1.82, 2.24) is 0 Å². The number of carbonyl (C=O) groups is 1. The Kier molecular flexibility index (Phi) is 6.99. The first-order valence-electron chi connectivity index (χ1n) is 5.37. The summed E-state index contributed by atoms with van der Waals surface area (Å²) in [7, 11) is 1.61. The zero-order valence-electron chi connectivity index (χ0n) is 10.0. The third-order valence-electron chi connectivity index (χ3n) is 2.10. The first kappa shape index (κ1) is 15.2. The third-order valence-corrected chi connectivity index (χ3v) is 3.04. The Labute approximate surface area is 119 Å². The van der Waals surface area contributed by atoms with Crippen LogP contribution in [0.25, 0.3) is 0 Å². The monoisotopic (exact) mass is 366 g/mol. The first-order valence-corrected chi connectivity index (χ1v) is 6.45. The van der Waals surface area contributed by atoms with Crippen LogP contribution in [0.1, 0.15) is 10.4 Å². The van der Waals surface area contributed by atoms with Crippen LogP contribution in [-0.2, 0) is 9.47 Å². The van der Waals surface area contributed by atoms with Crippen molar-refractivity contribution in [3.8, 4) is 5.75 Å². The molecule has 5 nitrogen and oxygen atoms in total. The molecule has 1 aromatic rings. The number of aromatic carboxylic acids is 1. The Morgan fingerprint density at radius 2 is 2.00 bits per heavy atom. The van der Waals surface area contributed by atoms with E-state index in [1.165, 1.54) is 6.07 Å². The lowest BCUT2D eigenvalue weighted by molar-refractivity contribution is 0.0543. The summed E-state index contributed by atoms with van der Waals surface area (Å²) in [6, 6.07) is 4.97. The number of halogens is 1. The summed E-state index contributed by atoms with van der Waals surface area (Å²) in [6.45, 7) is 1.89. The van der Waals surface area contributed by atoms with Crippen molar-refractivity contribution in [3.63, 3.8) is 0 Å². The summed E-state index contributed by atoms with van der Waals surface area (Å²) in [5.74, 6) is -0.427. The van der Waals surface area contributed by atoms with Crippen LogP contribution in [0.5, 0.6) is 5.75 Å². The average Bonchev–Trinajstić information content (AvgIpc) is 2.35. The van der Waals surface area contributed by atoms with E-state index in [0.717, 1.165) is 0 Å². The molecule has 6 heteroatoms. The largest absolute Gasteiger partial charge is 0.491 e. The molecule has 0 saturated carbocycles. The Morgan fingerprint density at radius 1 is 1.28 bits per heavy atom. The van der Waals surface area contributed by atoms with Crippen molar-refractivity contribution in [2.24, 2.45) is 0 Å². The first-order chi connectivity index (χ1) is 8.65. The molecule has 0 bridgehead atoms. The number of methoxy groups -OCH3 is 1. The second-order valence-electron chi connectivity index (χ2n) is 3.40. The molecule has 0 aliphatic carbocycles. The van der Waals surface area contributed by atoms with Crippen molar-refractivity contribution in [2.45, 2.75) is 0 Å². The molecule has 1 N–H and O–H groups in total. The molecule has 0 saturated heterocycles. The van der Waals surface area contributed by atoms with E-state index in [1.54, 1.807) is 19.2 Å². The van der Waals surface area contributed by atoms with Crippen LogP contribution >= 0.6 is 22.6 Å². The van der Waals surface area contributed by atoms with Gasteiger partial charge in [-0.3, -0.25) is 0 Å². The van der Waals surface area contributed by atoms with E-state index in [-0.39, 0.29) is 5.56 Å². The fraction of sp³-hybridized carbons (Fsp3) is 0.417. The lowest BCUT2D eigenvalue weighted by Gasteiger charge is -2.08. The van der Waals surface area contributed by atoms with Crippen LogP contribution in [0.4, 0.5) is 0 Å². The second kappa shape index (κ2) is 8.28. The fourth-order valence-electron chi connectivity index (χ4n) is 1.22. The van der Waals surface area contributed by atoms with Gasteiger partial charge in [-0.2, -0.15) is 0 Å². The molecule has 1 aromatic carbocycles. The van der Waals surface area contributed by atoms with Crippen molar-refractivity contribution < 1.29 is 24.1 Å². The lowest BCUT2D eigenvalue weighted by atomic mass is 10.2. The minimum Gasteiger partial charge on any atom is -0.491 e. The van der Waals surface area contributed by atoms with E-state index in [4.69, 9.17) is 19.3 Å². The molecule has 0 aliphatic heterocycles. The number of benzene rings is 1. The number of hydrogen-bond donors (Lipinski definition) is 1. The van der Waals surface area contributed by atoms with Gasteiger partial charge in [-0.05, 0) is 40.8 Å². The van der Waals surface area contributed by atoms with E-state index in [0.29, 0.717) is 35.7 Å². The minimum absolute atomic E-state index is 0.244. The molecule has 0 amide bonds. The predicted octanol–water partition coefficient (Wildman–Crippen LogP) is 2.03. The van der Waals surface area contributed by atoms with Gasteiger partial charge in [0.15, 0.2) is 0 Å². The van der Waals surface area contributed by atoms with Gasteiger partial charge in [-0.1, -0.05) is 0 Å². The number of carboxylic acids is 1.